The summed E-state index contributed by atoms with van der Waals surface area (Å²) in [5.74, 6) is -0.951. The maximum Gasteiger partial charge on any atom is 0.417 e. The van der Waals surface area contributed by atoms with Gasteiger partial charge in [-0.3, -0.25) is 14.4 Å². The summed E-state index contributed by atoms with van der Waals surface area (Å²) in [4.78, 5) is 42.2. The summed E-state index contributed by atoms with van der Waals surface area (Å²) in [6.07, 6.45) is -2.72. The summed E-state index contributed by atoms with van der Waals surface area (Å²) in [7, 11) is 0. The molecule has 0 radical (unpaired) electrons. The monoisotopic (exact) mass is 425 g/mol. The fourth-order valence-electron chi connectivity index (χ4n) is 4.10. The van der Waals surface area contributed by atoms with Gasteiger partial charge >= 0.3 is 6.18 Å². The van der Waals surface area contributed by atoms with E-state index in [9.17, 15) is 27.6 Å². The maximum atomic E-state index is 13.2. The highest BCUT2D eigenvalue weighted by Gasteiger charge is 2.37. The summed E-state index contributed by atoms with van der Waals surface area (Å²) < 4.78 is 39.6. The SMILES string of the molecule is CCC(=O)N1CCCC(C(=O)N2CCN(C(=O)c3ccccc3C(F)(F)F)CC2)C1. The first-order valence-corrected chi connectivity index (χ1v) is 10.2. The first-order chi connectivity index (χ1) is 14.2. The molecule has 2 saturated heterocycles. The lowest BCUT2D eigenvalue weighted by Gasteiger charge is -2.39. The van der Waals surface area contributed by atoms with Crippen LogP contribution in [0.1, 0.15) is 42.1 Å². The fraction of sp³-hybridized carbons (Fsp3) is 0.571. The van der Waals surface area contributed by atoms with Crippen LogP contribution in [0, 0.1) is 5.92 Å². The average Bonchev–Trinajstić information content (AvgIpc) is 2.77. The molecule has 3 rings (SSSR count). The van der Waals surface area contributed by atoms with Gasteiger partial charge in [-0.1, -0.05) is 19.1 Å². The Morgan fingerprint density at radius 2 is 1.60 bits per heavy atom. The van der Waals surface area contributed by atoms with E-state index < -0.39 is 17.6 Å². The zero-order valence-electron chi connectivity index (χ0n) is 17.0. The molecule has 1 aromatic rings. The Morgan fingerprint density at radius 3 is 2.23 bits per heavy atom. The van der Waals surface area contributed by atoms with Gasteiger partial charge in [-0.05, 0) is 25.0 Å². The van der Waals surface area contributed by atoms with Crippen LogP contribution in [-0.4, -0.2) is 71.7 Å². The number of hydrogen-bond acceptors (Lipinski definition) is 3. The minimum absolute atomic E-state index is 0.0336. The van der Waals surface area contributed by atoms with E-state index in [1.54, 1.807) is 16.7 Å². The molecule has 1 aromatic carbocycles. The summed E-state index contributed by atoms with van der Waals surface area (Å²) in [5.41, 5.74) is -1.32. The van der Waals surface area contributed by atoms with Crippen LogP contribution < -0.4 is 0 Å². The normalized spacial score (nSPS) is 20.3. The molecular weight excluding hydrogens is 399 g/mol. The number of benzene rings is 1. The number of likely N-dealkylation sites (tertiary alicyclic amines) is 1. The van der Waals surface area contributed by atoms with Crippen molar-refractivity contribution in [1.29, 1.82) is 0 Å². The van der Waals surface area contributed by atoms with Crippen molar-refractivity contribution in [3.63, 3.8) is 0 Å². The maximum absolute atomic E-state index is 13.2. The number of halogens is 3. The molecule has 2 fully saturated rings. The molecule has 2 aliphatic heterocycles. The van der Waals surface area contributed by atoms with Crippen LogP contribution >= 0.6 is 0 Å². The lowest BCUT2D eigenvalue weighted by Crippen LogP contribution is -2.54. The van der Waals surface area contributed by atoms with Gasteiger partial charge in [0.2, 0.25) is 11.8 Å². The predicted molar refractivity (Wildman–Crippen MR) is 104 cm³/mol. The first-order valence-electron chi connectivity index (χ1n) is 10.2. The van der Waals surface area contributed by atoms with Gasteiger partial charge in [-0.25, -0.2) is 0 Å². The second-order valence-corrected chi connectivity index (χ2v) is 7.69. The van der Waals surface area contributed by atoms with Gasteiger partial charge in [0.25, 0.3) is 5.91 Å². The Bertz CT molecular complexity index is 804. The third-order valence-corrected chi connectivity index (χ3v) is 5.77. The number of piperidine rings is 1. The van der Waals surface area contributed by atoms with E-state index in [0.29, 0.717) is 25.9 Å². The Labute approximate surface area is 173 Å². The quantitative estimate of drug-likeness (QED) is 0.748. The van der Waals surface area contributed by atoms with Gasteiger partial charge < -0.3 is 14.7 Å². The van der Waals surface area contributed by atoms with Crippen LogP contribution in [0.2, 0.25) is 0 Å². The molecule has 6 nitrogen and oxygen atoms in total. The Balaban J connectivity index is 1.61. The smallest absolute Gasteiger partial charge is 0.342 e. The highest BCUT2D eigenvalue weighted by molar-refractivity contribution is 5.96. The van der Waals surface area contributed by atoms with Gasteiger partial charge in [0.15, 0.2) is 0 Å². The van der Waals surface area contributed by atoms with E-state index in [1.165, 1.54) is 23.1 Å². The van der Waals surface area contributed by atoms with Gasteiger partial charge in [0.1, 0.15) is 0 Å². The zero-order valence-corrected chi connectivity index (χ0v) is 17.0. The van der Waals surface area contributed by atoms with Crippen molar-refractivity contribution in [2.24, 2.45) is 5.92 Å². The van der Waals surface area contributed by atoms with Crippen molar-refractivity contribution in [3.8, 4) is 0 Å². The van der Waals surface area contributed by atoms with Gasteiger partial charge in [0, 0.05) is 45.7 Å². The van der Waals surface area contributed by atoms with Gasteiger partial charge in [-0.15, -0.1) is 0 Å². The standard InChI is InChI=1S/C21H26F3N3O3/c1-2-18(28)27-9-5-6-15(14-27)19(29)25-10-12-26(13-11-25)20(30)16-7-3-4-8-17(16)21(22,23)24/h3-4,7-8,15H,2,5-6,9-14H2,1H3. The molecule has 2 aliphatic rings. The molecule has 0 saturated carbocycles. The van der Waals surface area contributed by atoms with E-state index >= 15 is 0 Å². The number of amides is 3. The molecule has 0 aromatic heterocycles. The highest BCUT2D eigenvalue weighted by atomic mass is 19.4. The second kappa shape index (κ2) is 9.06. The van der Waals surface area contributed by atoms with Crippen LogP contribution in [0.15, 0.2) is 24.3 Å². The molecular formula is C21H26F3N3O3. The second-order valence-electron chi connectivity index (χ2n) is 7.69. The molecule has 0 spiro atoms. The molecule has 2 heterocycles. The summed E-state index contributed by atoms with van der Waals surface area (Å²) in [5, 5.41) is 0. The van der Waals surface area contributed by atoms with Gasteiger partial charge in [-0.2, -0.15) is 13.2 Å². The third-order valence-electron chi connectivity index (χ3n) is 5.77. The van der Waals surface area contributed by atoms with Crippen molar-refractivity contribution in [1.82, 2.24) is 14.7 Å². The number of hydrogen-bond donors (Lipinski definition) is 0. The van der Waals surface area contributed by atoms with Crippen LogP contribution in [0.5, 0.6) is 0 Å². The minimum Gasteiger partial charge on any atom is -0.342 e. The van der Waals surface area contributed by atoms with E-state index in [2.05, 4.69) is 0 Å². The van der Waals surface area contributed by atoms with Crippen LogP contribution in [0.3, 0.4) is 0 Å². The molecule has 0 aliphatic carbocycles. The zero-order chi connectivity index (χ0) is 21.9. The topological polar surface area (TPSA) is 60.9 Å². The number of nitrogens with zero attached hydrogens (tertiary/aromatic N) is 3. The predicted octanol–water partition coefficient (Wildman–Crippen LogP) is 2.64. The van der Waals surface area contributed by atoms with E-state index in [4.69, 9.17) is 0 Å². The van der Waals surface area contributed by atoms with Crippen molar-refractivity contribution in [3.05, 3.63) is 35.4 Å². The van der Waals surface area contributed by atoms with Crippen molar-refractivity contribution in [2.75, 3.05) is 39.3 Å². The lowest BCUT2D eigenvalue weighted by molar-refractivity contribution is -0.142. The number of piperazine rings is 1. The van der Waals surface area contributed by atoms with Crippen LogP contribution in [0.25, 0.3) is 0 Å². The number of carbonyl (C=O) groups is 3. The molecule has 30 heavy (non-hydrogen) atoms. The molecule has 9 heteroatoms. The van der Waals surface area contributed by atoms with Crippen molar-refractivity contribution in [2.45, 2.75) is 32.4 Å². The number of alkyl halides is 3. The first kappa shape index (κ1) is 22.1. The molecule has 0 bridgehead atoms. The number of rotatable bonds is 3. The number of carbonyl (C=O) groups excluding carboxylic acids is 3. The fourth-order valence-corrected chi connectivity index (χ4v) is 4.10. The Kier molecular flexibility index (Phi) is 6.67. The Hall–Kier alpha value is -2.58. The Morgan fingerprint density at radius 1 is 0.967 bits per heavy atom. The van der Waals surface area contributed by atoms with Crippen LogP contribution in [-0.2, 0) is 15.8 Å². The van der Waals surface area contributed by atoms with E-state index in [0.717, 1.165) is 12.5 Å². The van der Waals surface area contributed by atoms with E-state index in [-0.39, 0.29) is 49.5 Å². The third kappa shape index (κ3) is 4.76. The molecule has 1 atom stereocenters. The van der Waals surface area contributed by atoms with Gasteiger partial charge in [0.05, 0.1) is 17.0 Å². The van der Waals surface area contributed by atoms with E-state index in [1.807, 2.05) is 0 Å². The minimum atomic E-state index is -4.60. The largest absolute Gasteiger partial charge is 0.417 e. The molecule has 164 valence electrons. The lowest BCUT2D eigenvalue weighted by atomic mass is 9.96. The summed E-state index contributed by atoms with van der Waals surface area (Å²) in [6, 6.07) is 4.76. The molecule has 1 unspecified atom stereocenters. The highest BCUT2D eigenvalue weighted by Crippen LogP contribution is 2.32. The molecule has 3 amide bonds. The van der Waals surface area contributed by atoms with Crippen LogP contribution in [0.4, 0.5) is 13.2 Å². The average molecular weight is 425 g/mol. The summed E-state index contributed by atoms with van der Waals surface area (Å²) in [6.45, 7) is 3.78. The molecule has 0 N–H and O–H groups in total. The van der Waals surface area contributed by atoms with Crippen molar-refractivity contribution < 1.29 is 27.6 Å². The van der Waals surface area contributed by atoms with Crippen molar-refractivity contribution >= 4 is 17.7 Å². The summed E-state index contributed by atoms with van der Waals surface area (Å²) >= 11 is 0.